The molecule has 0 aliphatic rings. The number of halogens is 1. The number of unbranched alkanes of at least 4 members (excludes halogenated alkanes) is 1. The summed E-state index contributed by atoms with van der Waals surface area (Å²) in [5.41, 5.74) is 19.6. The van der Waals surface area contributed by atoms with Crippen LogP contribution in [-0.2, 0) is 9.47 Å². The predicted molar refractivity (Wildman–Crippen MR) is 145 cm³/mol. The van der Waals surface area contributed by atoms with Crippen molar-refractivity contribution in [2.24, 2.45) is 17.3 Å². The van der Waals surface area contributed by atoms with Crippen molar-refractivity contribution >= 4 is 51.5 Å². The quantitative estimate of drug-likeness (QED) is 0.0438. The molecule has 10 nitrogen and oxygen atoms in total. The number of amides is 1. The largest absolute Gasteiger partial charge is 0.489 e. The fourth-order valence-electron chi connectivity index (χ4n) is 2.64. The Morgan fingerprint density at radius 3 is 2.55 bits per heavy atom. The molecule has 0 aliphatic carbocycles. The number of ether oxygens (including phenoxy) is 3. The third-order valence-electron chi connectivity index (χ3n) is 4.13. The van der Waals surface area contributed by atoms with Crippen LogP contribution in [-0.4, -0.2) is 38.1 Å². The summed E-state index contributed by atoms with van der Waals surface area (Å²) in [4.78, 5) is 11.6. The summed E-state index contributed by atoms with van der Waals surface area (Å²) < 4.78 is 18.2. The monoisotopic (exact) mass is 594 g/mol. The third kappa shape index (κ3) is 11.1. The standard InChI is InChI=1S/C21H36IN6O4P/c1-21(2,3)32-20(29)27-8-4-5-9-30-10-11-31-18-13-16(15(14-24)6-7-23)12-17(19(18)25)28(26)33-22/h6-7,12-14,33H,4-5,8-11,23-26H2,1-3H3,(H,27,29)/b7-6-,15-14+. The topological polar surface area (TPSA) is 164 Å². The Morgan fingerprint density at radius 1 is 1.21 bits per heavy atom. The normalized spacial score (nSPS) is 12.5. The van der Waals surface area contributed by atoms with Gasteiger partial charge in [-0.2, -0.15) is 0 Å². The van der Waals surface area contributed by atoms with Gasteiger partial charge in [0, 0.05) is 19.4 Å². The Labute approximate surface area is 210 Å². The van der Waals surface area contributed by atoms with Gasteiger partial charge in [0.15, 0.2) is 0 Å². The van der Waals surface area contributed by atoms with E-state index < -0.39 is 11.7 Å². The molecule has 0 aromatic heterocycles. The summed E-state index contributed by atoms with van der Waals surface area (Å²) in [5.74, 6) is 6.57. The van der Waals surface area contributed by atoms with Gasteiger partial charge in [-0.3, -0.25) is 4.78 Å². The minimum atomic E-state index is -0.501. The Hall–Kier alpha value is -1.95. The van der Waals surface area contributed by atoms with E-state index in [1.807, 2.05) is 26.8 Å². The number of nitrogens with one attached hydrogen (secondary N) is 1. The molecule has 0 bridgehead atoms. The Balaban J connectivity index is 2.51. The van der Waals surface area contributed by atoms with Crippen molar-refractivity contribution in [1.82, 2.24) is 5.32 Å². The van der Waals surface area contributed by atoms with Crippen LogP contribution in [0.4, 0.5) is 16.2 Å². The summed E-state index contributed by atoms with van der Waals surface area (Å²) in [6.45, 7) is 7.27. The molecule has 0 fully saturated rings. The van der Waals surface area contributed by atoms with E-state index in [1.54, 1.807) is 16.9 Å². The summed E-state index contributed by atoms with van der Waals surface area (Å²) in [7, 11) is 0. The molecule has 1 atom stereocenters. The Kier molecular flexibility index (Phi) is 13.3. The molecule has 0 saturated carbocycles. The van der Waals surface area contributed by atoms with Crippen LogP contribution < -0.4 is 37.9 Å². The van der Waals surface area contributed by atoms with Gasteiger partial charge in [0.1, 0.15) is 18.0 Å². The van der Waals surface area contributed by atoms with Gasteiger partial charge in [-0.15, -0.1) is 0 Å². The molecule has 33 heavy (non-hydrogen) atoms. The van der Waals surface area contributed by atoms with Crippen molar-refractivity contribution in [3.63, 3.8) is 0 Å². The number of nitrogens with zero attached hydrogens (tertiary/aromatic N) is 1. The molecule has 0 radical (unpaired) electrons. The fourth-order valence-corrected chi connectivity index (χ4v) is 3.70. The molecule has 0 heterocycles. The van der Waals surface area contributed by atoms with Crippen LogP contribution in [0.3, 0.4) is 0 Å². The lowest BCUT2D eigenvalue weighted by molar-refractivity contribution is 0.0523. The molecule has 12 heteroatoms. The van der Waals surface area contributed by atoms with Crippen LogP contribution in [0.15, 0.2) is 30.6 Å². The van der Waals surface area contributed by atoms with Gasteiger partial charge in [-0.1, -0.05) is 0 Å². The average molecular weight is 594 g/mol. The van der Waals surface area contributed by atoms with E-state index in [-0.39, 0.29) is 6.37 Å². The van der Waals surface area contributed by atoms with Crippen LogP contribution in [0.25, 0.3) is 5.57 Å². The van der Waals surface area contributed by atoms with Crippen molar-refractivity contribution in [3.8, 4) is 5.75 Å². The highest BCUT2D eigenvalue weighted by molar-refractivity contribution is 14.2. The predicted octanol–water partition coefficient (Wildman–Crippen LogP) is 3.36. The highest BCUT2D eigenvalue weighted by Crippen LogP contribution is 2.40. The highest BCUT2D eigenvalue weighted by atomic mass is 127. The molecule has 1 unspecified atom stereocenters. The Morgan fingerprint density at radius 2 is 1.94 bits per heavy atom. The first-order valence-electron chi connectivity index (χ1n) is 10.5. The summed E-state index contributed by atoms with van der Waals surface area (Å²) >= 11 is 2.17. The van der Waals surface area contributed by atoms with Gasteiger partial charge in [-0.25, -0.2) is 10.6 Å². The number of hydrogen-bond donors (Lipinski definition) is 5. The van der Waals surface area contributed by atoms with Crippen molar-refractivity contribution in [2.45, 2.75) is 39.2 Å². The molecular formula is C21H36IN6O4P. The lowest BCUT2D eigenvalue weighted by Crippen LogP contribution is -2.33. The van der Waals surface area contributed by atoms with Crippen molar-refractivity contribution < 1.29 is 19.0 Å². The molecule has 186 valence electrons. The second-order valence-corrected chi connectivity index (χ2v) is 10.0. The van der Waals surface area contributed by atoms with Crippen LogP contribution in [0.2, 0.25) is 0 Å². The number of carbonyl (C=O) groups is 1. The maximum atomic E-state index is 11.6. The minimum absolute atomic E-state index is 0.283. The number of benzene rings is 1. The SMILES string of the molecule is CC(C)(C)OC(=O)NCCCCOCCOc1cc(C(/C=C\N)=C/N)cc(N(N)PI)c1N. The van der Waals surface area contributed by atoms with E-state index in [1.165, 1.54) is 12.4 Å². The molecular weight excluding hydrogens is 558 g/mol. The smallest absolute Gasteiger partial charge is 0.407 e. The summed E-state index contributed by atoms with van der Waals surface area (Å²) in [5, 5.41) is 2.72. The van der Waals surface area contributed by atoms with E-state index >= 15 is 0 Å². The van der Waals surface area contributed by atoms with E-state index in [4.69, 9.17) is 37.3 Å². The number of anilines is 2. The van der Waals surface area contributed by atoms with Gasteiger partial charge < -0.3 is 36.7 Å². The van der Waals surface area contributed by atoms with Gasteiger partial charge in [-0.05, 0) is 91.2 Å². The molecule has 1 amide bonds. The number of rotatable bonds is 13. The zero-order valence-electron chi connectivity index (χ0n) is 19.4. The van der Waals surface area contributed by atoms with E-state index in [9.17, 15) is 4.79 Å². The molecule has 1 aromatic carbocycles. The lowest BCUT2D eigenvalue weighted by atomic mass is 10.0. The zero-order valence-corrected chi connectivity index (χ0v) is 22.6. The van der Waals surface area contributed by atoms with Gasteiger partial charge >= 0.3 is 6.09 Å². The maximum Gasteiger partial charge on any atom is 0.407 e. The van der Waals surface area contributed by atoms with Gasteiger partial charge in [0.25, 0.3) is 0 Å². The summed E-state index contributed by atoms with van der Waals surface area (Å²) in [6.07, 6.45) is 6.00. The summed E-state index contributed by atoms with van der Waals surface area (Å²) in [6, 6.07) is 3.64. The first kappa shape index (κ1) is 29.1. The third-order valence-corrected chi connectivity index (χ3v) is 6.11. The van der Waals surface area contributed by atoms with Crippen LogP contribution in [0.5, 0.6) is 5.75 Å². The van der Waals surface area contributed by atoms with Crippen molar-refractivity contribution in [3.05, 3.63) is 36.2 Å². The van der Waals surface area contributed by atoms with Crippen molar-refractivity contribution in [2.75, 3.05) is 36.9 Å². The number of alkyl carbamates (subject to hydrolysis) is 1. The molecule has 1 aromatic rings. The first-order valence-corrected chi connectivity index (χ1v) is 14.5. The molecule has 1 rings (SSSR count). The highest BCUT2D eigenvalue weighted by Gasteiger charge is 2.16. The van der Waals surface area contributed by atoms with Gasteiger partial charge in [0.2, 0.25) is 0 Å². The van der Waals surface area contributed by atoms with Crippen LogP contribution in [0.1, 0.15) is 39.2 Å². The van der Waals surface area contributed by atoms with Crippen LogP contribution >= 0.6 is 28.4 Å². The number of nitrogens with two attached hydrogens (primary N) is 4. The maximum absolute atomic E-state index is 11.6. The number of hydrazine groups is 1. The first-order chi connectivity index (χ1) is 15.6. The second-order valence-electron chi connectivity index (χ2n) is 7.94. The Bertz CT molecular complexity index is 817. The van der Waals surface area contributed by atoms with Crippen molar-refractivity contribution in [1.29, 1.82) is 0 Å². The molecule has 0 saturated heterocycles. The lowest BCUT2D eigenvalue weighted by Gasteiger charge is -2.21. The molecule has 0 aliphatic heterocycles. The zero-order chi connectivity index (χ0) is 24.9. The number of allylic oxidation sites excluding steroid dienone is 2. The van der Waals surface area contributed by atoms with E-state index in [0.717, 1.165) is 18.4 Å². The van der Waals surface area contributed by atoms with E-state index in [0.29, 0.717) is 49.1 Å². The fraction of sp³-hybridized carbons (Fsp3) is 0.476. The average Bonchev–Trinajstić information content (AvgIpc) is 2.75. The minimum Gasteiger partial charge on any atom is -0.489 e. The number of hydrogen-bond acceptors (Lipinski definition) is 9. The van der Waals surface area contributed by atoms with Crippen LogP contribution in [0, 0.1) is 0 Å². The van der Waals surface area contributed by atoms with E-state index in [2.05, 4.69) is 27.4 Å². The molecule has 0 spiro atoms. The number of carbonyl (C=O) groups excluding carboxylic acids is 1. The molecule has 9 N–H and O–H groups in total. The number of nitrogen functional groups attached to an aromatic ring is 1. The van der Waals surface area contributed by atoms with Gasteiger partial charge in [0.05, 0.1) is 24.4 Å². The second kappa shape index (κ2) is 15.0.